The molecule has 0 atom stereocenters. The first-order chi connectivity index (χ1) is 8.44. The maximum atomic E-state index is 11.7. The molecule has 0 fully saturated rings. The third-order valence-corrected chi connectivity index (χ3v) is 2.39. The van der Waals surface area contributed by atoms with Crippen molar-refractivity contribution in [2.24, 2.45) is 0 Å². The summed E-state index contributed by atoms with van der Waals surface area (Å²) in [4.78, 5) is 0. The van der Waals surface area contributed by atoms with Crippen LogP contribution in [0.4, 0.5) is 13.2 Å². The van der Waals surface area contributed by atoms with Crippen LogP contribution in [0.3, 0.4) is 0 Å². The molecule has 0 saturated carbocycles. The Labute approximate surface area is 108 Å². The summed E-state index contributed by atoms with van der Waals surface area (Å²) in [6, 6.07) is 5.00. The number of alkyl halides is 3. The minimum absolute atomic E-state index is 0.198. The number of nitrogens with one attached hydrogen (secondary N) is 1. The second-order valence-corrected chi connectivity index (χ2v) is 3.80. The van der Waals surface area contributed by atoms with Crippen molar-refractivity contribution in [2.75, 3.05) is 20.3 Å². The maximum Gasteiger partial charge on any atom is 0.522 e. The molecule has 0 aliphatic carbocycles. The van der Waals surface area contributed by atoms with Crippen molar-refractivity contribution in [3.63, 3.8) is 0 Å². The summed E-state index contributed by atoms with van der Waals surface area (Å²) in [6.07, 6.45) is -4.63. The van der Waals surface area contributed by atoms with Gasteiger partial charge in [-0.2, -0.15) is 0 Å². The van der Waals surface area contributed by atoms with Gasteiger partial charge in [0, 0.05) is 17.1 Å². The highest BCUT2D eigenvalue weighted by molar-refractivity contribution is 6.31. The van der Waals surface area contributed by atoms with E-state index in [0.29, 0.717) is 22.9 Å². The predicted molar refractivity (Wildman–Crippen MR) is 61.7 cm³/mol. The lowest BCUT2D eigenvalue weighted by Gasteiger charge is -2.13. The second kappa shape index (κ2) is 6.82. The van der Waals surface area contributed by atoms with Crippen molar-refractivity contribution in [3.8, 4) is 5.75 Å². The highest BCUT2D eigenvalue weighted by atomic mass is 35.5. The van der Waals surface area contributed by atoms with Crippen LogP contribution in [0, 0.1) is 0 Å². The van der Waals surface area contributed by atoms with E-state index in [-0.39, 0.29) is 6.61 Å². The van der Waals surface area contributed by atoms with Gasteiger partial charge in [-0.25, -0.2) is 0 Å². The molecular weight excluding hydrogens is 271 g/mol. The molecule has 1 N–H and O–H groups in total. The molecule has 0 heterocycles. The summed E-state index contributed by atoms with van der Waals surface area (Å²) in [6.45, 7) is -0.291. The van der Waals surface area contributed by atoms with Crippen LogP contribution in [0.5, 0.6) is 5.75 Å². The Morgan fingerprint density at radius 1 is 1.28 bits per heavy atom. The molecule has 0 saturated heterocycles. The smallest absolute Gasteiger partial charge is 0.491 e. The summed E-state index contributed by atoms with van der Waals surface area (Å²) in [5.74, 6) is 0.447. The van der Waals surface area contributed by atoms with Crippen LogP contribution in [0.1, 0.15) is 5.56 Å². The summed E-state index contributed by atoms with van der Waals surface area (Å²) in [5, 5.41) is 3.40. The number of rotatable bonds is 6. The fraction of sp³-hybridized carbons (Fsp3) is 0.455. The van der Waals surface area contributed by atoms with E-state index in [2.05, 4.69) is 10.1 Å². The molecule has 0 radical (unpaired) electrons. The molecule has 3 nitrogen and oxygen atoms in total. The zero-order valence-corrected chi connectivity index (χ0v) is 10.4. The summed E-state index contributed by atoms with van der Waals surface area (Å²) < 4.78 is 44.0. The molecule has 1 aromatic carbocycles. The molecule has 0 bridgehead atoms. The lowest BCUT2D eigenvalue weighted by Crippen LogP contribution is -2.18. The summed E-state index contributed by atoms with van der Waals surface area (Å²) >= 11 is 5.96. The molecule has 0 aliphatic rings. The maximum absolute atomic E-state index is 11.7. The number of ether oxygens (including phenoxy) is 2. The minimum atomic E-state index is -4.63. The topological polar surface area (TPSA) is 30.5 Å². The van der Waals surface area contributed by atoms with Crippen LogP contribution in [0.25, 0.3) is 0 Å². The summed E-state index contributed by atoms with van der Waals surface area (Å²) in [7, 11) is 1.74. The first-order valence-corrected chi connectivity index (χ1v) is 5.57. The van der Waals surface area contributed by atoms with Crippen molar-refractivity contribution >= 4 is 11.6 Å². The molecule has 7 heteroatoms. The van der Waals surface area contributed by atoms with E-state index in [1.54, 1.807) is 25.2 Å². The lowest BCUT2D eigenvalue weighted by atomic mass is 10.2. The Kier molecular flexibility index (Phi) is 5.71. The van der Waals surface area contributed by atoms with Gasteiger partial charge in [-0.1, -0.05) is 17.7 Å². The molecule has 18 heavy (non-hydrogen) atoms. The molecule has 1 aromatic rings. The Balaban J connectivity index is 2.54. The zero-order chi connectivity index (χ0) is 13.6. The van der Waals surface area contributed by atoms with Gasteiger partial charge in [0.1, 0.15) is 12.4 Å². The molecule has 0 amide bonds. The third kappa shape index (κ3) is 5.12. The molecule has 0 unspecified atom stereocenters. The highest BCUT2D eigenvalue weighted by Crippen LogP contribution is 2.26. The zero-order valence-electron chi connectivity index (χ0n) is 9.68. The van der Waals surface area contributed by atoms with Gasteiger partial charge >= 0.3 is 6.36 Å². The average Bonchev–Trinajstić information content (AvgIpc) is 2.27. The molecule has 1 rings (SSSR count). The first-order valence-electron chi connectivity index (χ1n) is 5.19. The fourth-order valence-corrected chi connectivity index (χ4v) is 1.56. The van der Waals surface area contributed by atoms with E-state index < -0.39 is 13.0 Å². The van der Waals surface area contributed by atoms with Gasteiger partial charge in [-0.15, -0.1) is 13.2 Å². The van der Waals surface area contributed by atoms with Crippen molar-refractivity contribution in [1.29, 1.82) is 0 Å². The van der Waals surface area contributed by atoms with Crippen LogP contribution in [0.15, 0.2) is 18.2 Å². The van der Waals surface area contributed by atoms with E-state index in [0.717, 1.165) is 0 Å². The number of benzene rings is 1. The van der Waals surface area contributed by atoms with E-state index in [1.807, 2.05) is 0 Å². The average molecular weight is 284 g/mol. The Morgan fingerprint density at radius 2 is 2.00 bits per heavy atom. The minimum Gasteiger partial charge on any atom is -0.491 e. The van der Waals surface area contributed by atoms with Gasteiger partial charge in [-0.05, 0) is 19.2 Å². The molecular formula is C11H13ClF3NO2. The monoisotopic (exact) mass is 283 g/mol. The first kappa shape index (κ1) is 15.1. The van der Waals surface area contributed by atoms with E-state index in [1.165, 1.54) is 0 Å². The van der Waals surface area contributed by atoms with Gasteiger partial charge in [0.05, 0.1) is 6.61 Å². The van der Waals surface area contributed by atoms with Crippen LogP contribution in [-0.2, 0) is 11.3 Å². The Bertz CT molecular complexity index is 385. The van der Waals surface area contributed by atoms with Gasteiger partial charge in [0.2, 0.25) is 0 Å². The molecule has 102 valence electrons. The van der Waals surface area contributed by atoms with Gasteiger partial charge < -0.3 is 10.1 Å². The van der Waals surface area contributed by atoms with Crippen molar-refractivity contribution < 1.29 is 22.6 Å². The van der Waals surface area contributed by atoms with Crippen molar-refractivity contribution in [3.05, 3.63) is 28.8 Å². The van der Waals surface area contributed by atoms with Crippen LogP contribution >= 0.6 is 11.6 Å². The van der Waals surface area contributed by atoms with Gasteiger partial charge in [-0.3, -0.25) is 4.74 Å². The van der Waals surface area contributed by atoms with Gasteiger partial charge in [0.25, 0.3) is 0 Å². The molecule has 0 aliphatic heterocycles. The van der Waals surface area contributed by atoms with Crippen LogP contribution in [0.2, 0.25) is 5.02 Å². The van der Waals surface area contributed by atoms with Crippen LogP contribution < -0.4 is 10.1 Å². The van der Waals surface area contributed by atoms with Crippen molar-refractivity contribution in [2.45, 2.75) is 12.9 Å². The van der Waals surface area contributed by atoms with Crippen LogP contribution in [-0.4, -0.2) is 26.6 Å². The quantitative estimate of drug-likeness (QED) is 0.814. The number of halogens is 4. The fourth-order valence-electron chi connectivity index (χ4n) is 1.33. The normalized spacial score (nSPS) is 11.6. The Hall–Kier alpha value is -0.980. The number of hydrogen-bond donors (Lipinski definition) is 1. The van der Waals surface area contributed by atoms with Gasteiger partial charge in [0.15, 0.2) is 0 Å². The largest absolute Gasteiger partial charge is 0.522 e. The Morgan fingerprint density at radius 3 is 2.61 bits per heavy atom. The number of hydrogen-bond acceptors (Lipinski definition) is 3. The predicted octanol–water partition coefficient (Wildman–Crippen LogP) is 2.97. The van der Waals surface area contributed by atoms with E-state index in [9.17, 15) is 13.2 Å². The third-order valence-electron chi connectivity index (χ3n) is 2.04. The lowest BCUT2D eigenvalue weighted by molar-refractivity contribution is -0.325. The SMILES string of the molecule is CNCc1c(Cl)cccc1OCCOC(F)(F)F. The second-order valence-electron chi connectivity index (χ2n) is 3.39. The summed E-state index contributed by atoms with van der Waals surface area (Å²) in [5.41, 5.74) is 0.702. The standard InChI is InChI=1S/C11H13ClF3NO2/c1-16-7-8-9(12)3-2-4-10(8)17-5-6-18-11(13,14)15/h2-4,16H,5-7H2,1H3. The van der Waals surface area contributed by atoms with Crippen molar-refractivity contribution in [1.82, 2.24) is 5.32 Å². The van der Waals surface area contributed by atoms with E-state index >= 15 is 0 Å². The van der Waals surface area contributed by atoms with E-state index in [4.69, 9.17) is 16.3 Å². The molecule has 0 spiro atoms. The molecule has 0 aromatic heterocycles. The highest BCUT2D eigenvalue weighted by Gasteiger charge is 2.28.